The predicted molar refractivity (Wildman–Crippen MR) is 72.8 cm³/mol. The van der Waals surface area contributed by atoms with Crippen molar-refractivity contribution < 1.29 is 19.7 Å². The molecule has 1 aromatic carbocycles. The average Bonchev–Trinajstić information content (AvgIpc) is 2.45. The standard InChI is InChI=1S/C13H14N2O6/c1-21-10(17)5-9(16)11(18)6-2-3-8-7(4-6)12(19)15-13(20)14-8/h2-4,9,11,16,18H,5H2,1H3,(H2,14,15,19,20). The van der Waals surface area contributed by atoms with Gasteiger partial charge < -0.3 is 19.9 Å². The summed E-state index contributed by atoms with van der Waals surface area (Å²) in [5.74, 6) is -0.662. The zero-order valence-electron chi connectivity index (χ0n) is 11.1. The van der Waals surface area contributed by atoms with Gasteiger partial charge in [0.25, 0.3) is 5.56 Å². The van der Waals surface area contributed by atoms with Crippen LogP contribution in [-0.2, 0) is 9.53 Å². The summed E-state index contributed by atoms with van der Waals surface area (Å²) in [5, 5.41) is 19.9. The van der Waals surface area contributed by atoms with Crippen molar-refractivity contribution in [3.05, 3.63) is 44.6 Å². The van der Waals surface area contributed by atoms with Crippen molar-refractivity contribution in [1.29, 1.82) is 0 Å². The van der Waals surface area contributed by atoms with E-state index >= 15 is 0 Å². The Labute approximate surface area is 118 Å². The fraction of sp³-hybridized carbons (Fsp3) is 0.308. The lowest BCUT2D eigenvalue weighted by Gasteiger charge is -2.17. The zero-order chi connectivity index (χ0) is 15.6. The van der Waals surface area contributed by atoms with Gasteiger partial charge in [-0.3, -0.25) is 14.6 Å². The van der Waals surface area contributed by atoms with Gasteiger partial charge in [0.15, 0.2) is 0 Å². The molecule has 0 saturated heterocycles. The van der Waals surface area contributed by atoms with Crippen LogP contribution < -0.4 is 11.2 Å². The Balaban J connectivity index is 2.36. The lowest BCUT2D eigenvalue weighted by atomic mass is 10.0. The Hall–Kier alpha value is -2.45. The molecule has 8 nitrogen and oxygen atoms in total. The number of aliphatic hydroxyl groups excluding tert-OH is 2. The third kappa shape index (κ3) is 3.18. The molecule has 0 aliphatic carbocycles. The van der Waals surface area contributed by atoms with E-state index in [2.05, 4.69) is 14.7 Å². The number of methoxy groups -OCH3 is 1. The molecule has 0 radical (unpaired) electrons. The van der Waals surface area contributed by atoms with Crippen LogP contribution in [-0.4, -0.2) is 39.4 Å². The second-order valence-corrected chi connectivity index (χ2v) is 4.51. The second-order valence-electron chi connectivity index (χ2n) is 4.51. The predicted octanol–water partition coefficient (Wildman–Crippen LogP) is -0.826. The molecule has 0 amide bonds. The fourth-order valence-electron chi connectivity index (χ4n) is 1.95. The Kier molecular flexibility index (Phi) is 4.20. The molecule has 21 heavy (non-hydrogen) atoms. The van der Waals surface area contributed by atoms with Crippen LogP contribution in [0.5, 0.6) is 0 Å². The monoisotopic (exact) mass is 294 g/mol. The summed E-state index contributed by atoms with van der Waals surface area (Å²) in [7, 11) is 1.17. The van der Waals surface area contributed by atoms with Crippen molar-refractivity contribution >= 4 is 16.9 Å². The quantitative estimate of drug-likeness (QED) is 0.544. The molecule has 2 aromatic rings. The van der Waals surface area contributed by atoms with Crippen LogP contribution in [0, 0.1) is 0 Å². The molecule has 1 heterocycles. The number of benzene rings is 1. The van der Waals surface area contributed by atoms with Crippen LogP contribution in [0.4, 0.5) is 0 Å². The van der Waals surface area contributed by atoms with Crippen molar-refractivity contribution in [2.24, 2.45) is 0 Å². The van der Waals surface area contributed by atoms with E-state index in [1.165, 1.54) is 25.3 Å². The number of hydrogen-bond acceptors (Lipinski definition) is 6. The molecule has 2 atom stereocenters. The third-order valence-corrected chi connectivity index (χ3v) is 3.07. The van der Waals surface area contributed by atoms with E-state index in [4.69, 9.17) is 0 Å². The van der Waals surface area contributed by atoms with Crippen LogP contribution >= 0.6 is 0 Å². The highest BCUT2D eigenvalue weighted by atomic mass is 16.5. The maximum absolute atomic E-state index is 11.7. The van der Waals surface area contributed by atoms with Gasteiger partial charge >= 0.3 is 11.7 Å². The highest BCUT2D eigenvalue weighted by molar-refractivity contribution is 5.78. The molecule has 0 spiro atoms. The van der Waals surface area contributed by atoms with Crippen molar-refractivity contribution in [2.45, 2.75) is 18.6 Å². The van der Waals surface area contributed by atoms with Gasteiger partial charge in [0.2, 0.25) is 0 Å². The molecule has 0 bridgehead atoms. The van der Waals surface area contributed by atoms with Crippen molar-refractivity contribution in [3.63, 3.8) is 0 Å². The number of H-pyrrole nitrogens is 2. The molecule has 2 unspecified atom stereocenters. The van der Waals surface area contributed by atoms with Crippen LogP contribution in [0.2, 0.25) is 0 Å². The first kappa shape index (κ1) is 14.9. The maximum Gasteiger partial charge on any atom is 0.326 e. The number of fused-ring (bicyclic) bond motifs is 1. The molecular formula is C13H14N2O6. The molecule has 8 heteroatoms. The smallest absolute Gasteiger partial charge is 0.326 e. The minimum absolute atomic E-state index is 0.163. The normalized spacial score (nSPS) is 13.9. The maximum atomic E-state index is 11.7. The number of carbonyl (C=O) groups excluding carboxylic acids is 1. The van der Waals surface area contributed by atoms with Crippen molar-refractivity contribution in [1.82, 2.24) is 9.97 Å². The van der Waals surface area contributed by atoms with Gasteiger partial charge in [0.1, 0.15) is 6.10 Å². The van der Waals surface area contributed by atoms with Gasteiger partial charge in [0.05, 0.1) is 30.5 Å². The summed E-state index contributed by atoms with van der Waals surface area (Å²) < 4.78 is 4.40. The molecule has 1 aromatic heterocycles. The van der Waals surface area contributed by atoms with Gasteiger partial charge in [-0.1, -0.05) is 6.07 Å². The number of aliphatic hydroxyl groups is 2. The largest absolute Gasteiger partial charge is 0.469 e. The molecule has 4 N–H and O–H groups in total. The highest BCUT2D eigenvalue weighted by Crippen LogP contribution is 2.21. The zero-order valence-corrected chi connectivity index (χ0v) is 11.1. The number of hydrogen-bond donors (Lipinski definition) is 4. The van der Waals surface area contributed by atoms with E-state index in [9.17, 15) is 24.6 Å². The number of aromatic amines is 2. The number of esters is 1. The SMILES string of the molecule is COC(=O)CC(O)C(O)c1ccc2[nH]c(=O)[nH]c(=O)c2c1. The van der Waals surface area contributed by atoms with Crippen molar-refractivity contribution in [2.75, 3.05) is 7.11 Å². The molecule has 0 aliphatic heterocycles. The highest BCUT2D eigenvalue weighted by Gasteiger charge is 2.22. The van der Waals surface area contributed by atoms with E-state index in [1.54, 1.807) is 0 Å². The first-order valence-electron chi connectivity index (χ1n) is 6.11. The molecule has 112 valence electrons. The van der Waals surface area contributed by atoms with Crippen LogP contribution in [0.3, 0.4) is 0 Å². The first-order chi connectivity index (χ1) is 9.92. The number of nitrogens with one attached hydrogen (secondary N) is 2. The van der Waals surface area contributed by atoms with Gasteiger partial charge in [-0.15, -0.1) is 0 Å². The van der Waals surface area contributed by atoms with Crippen LogP contribution in [0.1, 0.15) is 18.1 Å². The van der Waals surface area contributed by atoms with Gasteiger partial charge in [0, 0.05) is 0 Å². The van der Waals surface area contributed by atoms with Crippen molar-refractivity contribution in [3.8, 4) is 0 Å². The van der Waals surface area contributed by atoms with E-state index in [1.807, 2.05) is 0 Å². The Bertz CT molecular complexity index is 778. The Morgan fingerprint density at radius 1 is 1.29 bits per heavy atom. The average molecular weight is 294 g/mol. The molecule has 0 saturated carbocycles. The topological polar surface area (TPSA) is 132 Å². The summed E-state index contributed by atoms with van der Waals surface area (Å²) in [6.07, 6.45) is -3.10. The van der Waals surface area contributed by atoms with Crippen LogP contribution in [0.15, 0.2) is 27.8 Å². The Morgan fingerprint density at radius 3 is 2.67 bits per heavy atom. The Morgan fingerprint density at radius 2 is 2.00 bits per heavy atom. The summed E-state index contributed by atoms with van der Waals surface area (Å²) in [6, 6.07) is 4.23. The minimum Gasteiger partial charge on any atom is -0.469 e. The molecule has 0 fully saturated rings. The summed E-state index contributed by atoms with van der Waals surface area (Å²) in [4.78, 5) is 38.4. The number of ether oxygens (including phenoxy) is 1. The molecule has 0 aliphatic rings. The summed E-state index contributed by atoms with van der Waals surface area (Å²) in [6.45, 7) is 0. The van der Waals surface area contributed by atoms with E-state index < -0.39 is 29.4 Å². The number of rotatable bonds is 4. The fourth-order valence-corrected chi connectivity index (χ4v) is 1.95. The van der Waals surface area contributed by atoms with Gasteiger partial charge in [-0.05, 0) is 17.7 Å². The lowest BCUT2D eigenvalue weighted by molar-refractivity contribution is -0.144. The summed E-state index contributed by atoms with van der Waals surface area (Å²) in [5.41, 5.74) is -0.685. The first-order valence-corrected chi connectivity index (χ1v) is 6.11. The molecular weight excluding hydrogens is 280 g/mol. The molecule has 2 rings (SSSR count). The lowest BCUT2D eigenvalue weighted by Crippen LogP contribution is -2.24. The third-order valence-electron chi connectivity index (χ3n) is 3.07. The summed E-state index contributed by atoms with van der Waals surface area (Å²) >= 11 is 0. The van der Waals surface area contributed by atoms with E-state index in [-0.39, 0.29) is 17.4 Å². The van der Waals surface area contributed by atoms with Gasteiger partial charge in [-0.2, -0.15) is 0 Å². The van der Waals surface area contributed by atoms with Gasteiger partial charge in [-0.25, -0.2) is 4.79 Å². The second kappa shape index (κ2) is 5.90. The van der Waals surface area contributed by atoms with E-state index in [0.717, 1.165) is 0 Å². The number of aromatic nitrogens is 2. The van der Waals surface area contributed by atoms with Crippen LogP contribution in [0.25, 0.3) is 10.9 Å². The van der Waals surface area contributed by atoms with E-state index in [0.29, 0.717) is 5.52 Å². The minimum atomic E-state index is -1.36. The number of carbonyl (C=O) groups is 1.